The van der Waals surface area contributed by atoms with E-state index in [0.717, 1.165) is 5.56 Å². The number of hydrogen-bond donors (Lipinski definition) is 2. The van der Waals surface area contributed by atoms with Gasteiger partial charge in [0.1, 0.15) is 11.6 Å². The Morgan fingerprint density at radius 1 is 1.18 bits per heavy atom. The minimum absolute atomic E-state index is 0.123. The Kier molecular flexibility index (Phi) is 3.98. The fourth-order valence-electron chi connectivity index (χ4n) is 2.28. The number of aromatic amines is 1. The number of aromatic nitrogens is 2. The second kappa shape index (κ2) is 6.07. The molecule has 3 aromatic rings. The van der Waals surface area contributed by atoms with Crippen LogP contribution in [0.4, 0.5) is 4.39 Å². The average molecular weight is 297 g/mol. The molecule has 0 amide bonds. The molecule has 0 aliphatic heterocycles. The summed E-state index contributed by atoms with van der Waals surface area (Å²) in [7, 11) is 0. The summed E-state index contributed by atoms with van der Waals surface area (Å²) in [5, 5.41) is 3.85. The lowest BCUT2D eigenvalue weighted by Crippen LogP contribution is -2.23. The summed E-state index contributed by atoms with van der Waals surface area (Å²) in [5.41, 5.74) is 1.50. The van der Waals surface area contributed by atoms with E-state index in [9.17, 15) is 9.18 Å². The van der Waals surface area contributed by atoms with E-state index in [1.54, 1.807) is 18.2 Å². The molecular formula is C17H16FN3O. The second-order valence-corrected chi connectivity index (χ2v) is 5.20. The third kappa shape index (κ3) is 3.04. The van der Waals surface area contributed by atoms with Gasteiger partial charge in [0.25, 0.3) is 5.56 Å². The number of para-hydroxylation sites is 1. The van der Waals surface area contributed by atoms with E-state index in [-0.39, 0.29) is 17.4 Å². The van der Waals surface area contributed by atoms with Crippen LogP contribution in [-0.4, -0.2) is 9.97 Å². The third-order valence-electron chi connectivity index (χ3n) is 3.57. The van der Waals surface area contributed by atoms with Gasteiger partial charge < -0.3 is 10.3 Å². The predicted octanol–water partition coefficient (Wildman–Crippen LogP) is 2.91. The maximum Gasteiger partial charge on any atom is 0.258 e. The van der Waals surface area contributed by atoms with Gasteiger partial charge in [-0.15, -0.1) is 0 Å². The van der Waals surface area contributed by atoms with Gasteiger partial charge in [0.15, 0.2) is 0 Å². The van der Waals surface area contributed by atoms with E-state index < -0.39 is 0 Å². The Labute approximate surface area is 127 Å². The topological polar surface area (TPSA) is 57.8 Å². The number of H-pyrrole nitrogens is 1. The first-order valence-corrected chi connectivity index (χ1v) is 7.10. The summed E-state index contributed by atoms with van der Waals surface area (Å²) in [4.78, 5) is 19.3. The summed E-state index contributed by atoms with van der Waals surface area (Å²) >= 11 is 0. The summed E-state index contributed by atoms with van der Waals surface area (Å²) in [6, 6.07) is 13.4. The Balaban J connectivity index is 1.78. The Bertz CT molecular complexity index is 842. The molecular weight excluding hydrogens is 281 g/mol. The quantitative estimate of drug-likeness (QED) is 0.778. The number of fused-ring (bicyclic) bond motifs is 1. The standard InChI is InChI=1S/C17H16FN3O/c1-11(19-10-12-6-8-13(18)9-7-12)16-20-15-5-3-2-4-14(15)17(22)21-16/h2-9,11,19H,10H2,1H3,(H,20,21,22)/t11-/m0/s1. The van der Waals surface area contributed by atoms with Crippen LogP contribution >= 0.6 is 0 Å². The smallest absolute Gasteiger partial charge is 0.258 e. The van der Waals surface area contributed by atoms with Gasteiger partial charge in [-0.05, 0) is 36.8 Å². The summed E-state index contributed by atoms with van der Waals surface area (Å²) in [6.07, 6.45) is 0. The molecule has 0 saturated heterocycles. The van der Waals surface area contributed by atoms with Crippen LogP contribution in [-0.2, 0) is 6.54 Å². The Morgan fingerprint density at radius 3 is 2.68 bits per heavy atom. The molecule has 3 rings (SSSR count). The molecule has 1 aromatic heterocycles. The molecule has 1 atom stereocenters. The van der Waals surface area contributed by atoms with Crippen LogP contribution in [0.5, 0.6) is 0 Å². The zero-order valence-corrected chi connectivity index (χ0v) is 12.1. The van der Waals surface area contributed by atoms with Crippen molar-refractivity contribution in [1.29, 1.82) is 0 Å². The van der Waals surface area contributed by atoms with Crippen molar-refractivity contribution in [2.24, 2.45) is 0 Å². The first-order valence-electron chi connectivity index (χ1n) is 7.10. The molecule has 0 spiro atoms. The first-order chi connectivity index (χ1) is 10.6. The van der Waals surface area contributed by atoms with Crippen LogP contribution < -0.4 is 10.9 Å². The number of halogens is 1. The van der Waals surface area contributed by atoms with Crippen LogP contribution in [0, 0.1) is 5.82 Å². The van der Waals surface area contributed by atoms with Crippen molar-refractivity contribution >= 4 is 10.9 Å². The van der Waals surface area contributed by atoms with Crippen molar-refractivity contribution in [3.05, 3.63) is 76.1 Å². The number of benzene rings is 2. The van der Waals surface area contributed by atoms with Gasteiger partial charge in [0, 0.05) is 6.54 Å². The fraction of sp³-hybridized carbons (Fsp3) is 0.176. The number of nitrogens with zero attached hydrogens (tertiary/aromatic N) is 1. The van der Waals surface area contributed by atoms with Crippen molar-refractivity contribution in [3.8, 4) is 0 Å². The Hall–Kier alpha value is -2.53. The van der Waals surface area contributed by atoms with Gasteiger partial charge in [-0.2, -0.15) is 0 Å². The number of rotatable bonds is 4. The lowest BCUT2D eigenvalue weighted by molar-refractivity contribution is 0.545. The van der Waals surface area contributed by atoms with E-state index in [1.165, 1.54) is 12.1 Å². The van der Waals surface area contributed by atoms with Gasteiger partial charge in [-0.25, -0.2) is 9.37 Å². The predicted molar refractivity (Wildman–Crippen MR) is 84.0 cm³/mol. The van der Waals surface area contributed by atoms with Gasteiger partial charge >= 0.3 is 0 Å². The normalized spacial score (nSPS) is 12.5. The third-order valence-corrected chi connectivity index (χ3v) is 3.57. The summed E-state index contributed by atoms with van der Waals surface area (Å²) in [6.45, 7) is 2.49. The highest BCUT2D eigenvalue weighted by atomic mass is 19.1. The maximum absolute atomic E-state index is 12.9. The van der Waals surface area contributed by atoms with Crippen LogP contribution in [0.1, 0.15) is 24.4 Å². The van der Waals surface area contributed by atoms with Crippen LogP contribution in [0.25, 0.3) is 10.9 Å². The highest BCUT2D eigenvalue weighted by Crippen LogP contribution is 2.11. The van der Waals surface area contributed by atoms with Crippen molar-refractivity contribution in [2.45, 2.75) is 19.5 Å². The van der Waals surface area contributed by atoms with Gasteiger partial charge in [-0.1, -0.05) is 24.3 Å². The summed E-state index contributed by atoms with van der Waals surface area (Å²) < 4.78 is 12.9. The molecule has 0 aliphatic carbocycles. The molecule has 0 unspecified atom stereocenters. The lowest BCUT2D eigenvalue weighted by atomic mass is 10.2. The molecule has 5 heteroatoms. The number of hydrogen-bond acceptors (Lipinski definition) is 3. The largest absolute Gasteiger partial charge is 0.309 e. The molecule has 2 N–H and O–H groups in total. The molecule has 0 radical (unpaired) electrons. The number of nitrogens with one attached hydrogen (secondary N) is 2. The minimum Gasteiger partial charge on any atom is -0.309 e. The highest BCUT2D eigenvalue weighted by Gasteiger charge is 2.10. The van der Waals surface area contributed by atoms with Crippen molar-refractivity contribution in [1.82, 2.24) is 15.3 Å². The maximum atomic E-state index is 12.9. The molecule has 0 saturated carbocycles. The molecule has 2 aromatic carbocycles. The van der Waals surface area contributed by atoms with Crippen LogP contribution in [0.3, 0.4) is 0 Å². The van der Waals surface area contributed by atoms with E-state index in [0.29, 0.717) is 23.3 Å². The van der Waals surface area contributed by atoms with Gasteiger partial charge in [-0.3, -0.25) is 4.79 Å². The SMILES string of the molecule is C[C@H](NCc1ccc(F)cc1)c1nc2ccccc2c(=O)[nH]1. The van der Waals surface area contributed by atoms with Crippen molar-refractivity contribution < 1.29 is 4.39 Å². The molecule has 22 heavy (non-hydrogen) atoms. The van der Waals surface area contributed by atoms with E-state index in [2.05, 4.69) is 15.3 Å². The van der Waals surface area contributed by atoms with E-state index >= 15 is 0 Å². The fourth-order valence-corrected chi connectivity index (χ4v) is 2.28. The highest BCUT2D eigenvalue weighted by molar-refractivity contribution is 5.77. The minimum atomic E-state index is -0.252. The second-order valence-electron chi connectivity index (χ2n) is 5.20. The zero-order chi connectivity index (χ0) is 15.5. The van der Waals surface area contributed by atoms with Crippen LogP contribution in [0.2, 0.25) is 0 Å². The lowest BCUT2D eigenvalue weighted by Gasteiger charge is -2.13. The molecule has 1 heterocycles. The summed E-state index contributed by atoms with van der Waals surface area (Å²) in [5.74, 6) is 0.336. The monoisotopic (exact) mass is 297 g/mol. The van der Waals surface area contributed by atoms with Crippen molar-refractivity contribution in [3.63, 3.8) is 0 Å². The average Bonchev–Trinajstić information content (AvgIpc) is 2.54. The molecule has 0 fully saturated rings. The van der Waals surface area contributed by atoms with E-state index in [1.807, 2.05) is 25.1 Å². The first kappa shape index (κ1) is 14.4. The van der Waals surface area contributed by atoms with Crippen molar-refractivity contribution in [2.75, 3.05) is 0 Å². The van der Waals surface area contributed by atoms with Gasteiger partial charge in [0.2, 0.25) is 0 Å². The molecule has 0 aliphatic rings. The zero-order valence-electron chi connectivity index (χ0n) is 12.1. The van der Waals surface area contributed by atoms with Crippen LogP contribution in [0.15, 0.2) is 53.3 Å². The molecule has 4 nitrogen and oxygen atoms in total. The van der Waals surface area contributed by atoms with Gasteiger partial charge in [0.05, 0.1) is 16.9 Å². The van der Waals surface area contributed by atoms with E-state index in [4.69, 9.17) is 0 Å². The Morgan fingerprint density at radius 2 is 1.91 bits per heavy atom. The molecule has 112 valence electrons. The molecule has 0 bridgehead atoms.